The largest absolute Gasteiger partial charge is 0.508 e. The van der Waals surface area contributed by atoms with Gasteiger partial charge < -0.3 is 15.6 Å². The number of ether oxygens (including phenoxy) is 1. The van der Waals surface area contributed by atoms with Crippen molar-refractivity contribution in [1.29, 1.82) is 0 Å². The molecule has 15 heavy (non-hydrogen) atoms. The molecule has 0 fully saturated rings. The number of carbonyl (C=O) groups excluding carboxylic acids is 1. The van der Waals surface area contributed by atoms with E-state index in [9.17, 15) is 9.90 Å². The molecule has 1 rings (SSSR count). The summed E-state index contributed by atoms with van der Waals surface area (Å²) in [5.74, 6) is 0.724. The van der Waals surface area contributed by atoms with Gasteiger partial charge in [-0.2, -0.15) is 0 Å². The number of benzene rings is 1. The molecule has 3 N–H and O–H groups in total. The molecular formula is C10H13NO3S. The van der Waals surface area contributed by atoms with Crippen molar-refractivity contribution in [3.63, 3.8) is 0 Å². The predicted molar refractivity (Wildman–Crippen MR) is 60.7 cm³/mol. The van der Waals surface area contributed by atoms with Gasteiger partial charge in [0.05, 0.1) is 12.9 Å². The van der Waals surface area contributed by atoms with E-state index in [1.165, 1.54) is 18.9 Å². The van der Waals surface area contributed by atoms with E-state index in [1.807, 2.05) is 0 Å². The summed E-state index contributed by atoms with van der Waals surface area (Å²) in [5.41, 5.74) is 6.90. The Morgan fingerprint density at radius 2 is 2.33 bits per heavy atom. The van der Waals surface area contributed by atoms with Crippen LogP contribution in [0, 0.1) is 0 Å². The highest BCUT2D eigenvalue weighted by atomic mass is 32.2. The average molecular weight is 227 g/mol. The van der Waals surface area contributed by atoms with Crippen molar-refractivity contribution in [1.82, 2.24) is 0 Å². The van der Waals surface area contributed by atoms with Gasteiger partial charge in [-0.1, -0.05) is 0 Å². The summed E-state index contributed by atoms with van der Waals surface area (Å²) in [6, 6.07) is 4.87. The minimum atomic E-state index is -0.275. The Balaban J connectivity index is 2.50. The van der Waals surface area contributed by atoms with Crippen LogP contribution in [0.5, 0.6) is 5.75 Å². The summed E-state index contributed by atoms with van der Waals surface area (Å²) in [5, 5.41) is 9.47. The van der Waals surface area contributed by atoms with E-state index in [1.54, 1.807) is 18.2 Å². The summed E-state index contributed by atoms with van der Waals surface area (Å²) in [7, 11) is 1.35. The van der Waals surface area contributed by atoms with Crippen LogP contribution in [-0.4, -0.2) is 23.9 Å². The summed E-state index contributed by atoms with van der Waals surface area (Å²) in [4.78, 5) is 10.8. The normalized spacial score (nSPS) is 9.93. The number of anilines is 1. The maximum Gasteiger partial charge on any atom is 0.315 e. The van der Waals surface area contributed by atoms with Crippen molar-refractivity contribution in [2.45, 2.75) is 5.75 Å². The summed E-state index contributed by atoms with van der Waals surface area (Å²) in [6.45, 7) is 0. The Morgan fingerprint density at radius 3 is 3.00 bits per heavy atom. The van der Waals surface area contributed by atoms with Crippen molar-refractivity contribution in [3.05, 3.63) is 23.8 Å². The number of hydrogen-bond donors (Lipinski definition) is 2. The van der Waals surface area contributed by atoms with Gasteiger partial charge in [-0.15, -0.1) is 11.8 Å². The van der Waals surface area contributed by atoms with Crippen LogP contribution in [0.3, 0.4) is 0 Å². The number of nitrogen functional groups attached to an aromatic ring is 1. The lowest BCUT2D eigenvalue weighted by molar-refractivity contribution is -0.137. The molecule has 0 aliphatic rings. The van der Waals surface area contributed by atoms with Crippen LogP contribution in [0.25, 0.3) is 0 Å². The number of hydrogen-bond acceptors (Lipinski definition) is 5. The lowest BCUT2D eigenvalue weighted by atomic mass is 10.2. The highest BCUT2D eigenvalue weighted by Gasteiger charge is 2.04. The molecule has 0 saturated heterocycles. The number of phenolic OH excluding ortho intramolecular Hbond substituents is 1. The third-order valence-corrected chi connectivity index (χ3v) is 2.76. The quantitative estimate of drug-likeness (QED) is 0.462. The fraction of sp³-hybridized carbons (Fsp3) is 0.300. The van der Waals surface area contributed by atoms with E-state index in [2.05, 4.69) is 4.74 Å². The number of phenols is 1. The molecule has 0 aliphatic carbocycles. The van der Waals surface area contributed by atoms with Crippen LogP contribution in [-0.2, 0) is 15.3 Å². The number of carbonyl (C=O) groups is 1. The summed E-state index contributed by atoms with van der Waals surface area (Å²) in [6.07, 6.45) is 0. The van der Waals surface area contributed by atoms with E-state index in [-0.39, 0.29) is 17.5 Å². The Bertz CT molecular complexity index is 355. The number of rotatable bonds is 4. The van der Waals surface area contributed by atoms with Gasteiger partial charge in [0.25, 0.3) is 0 Å². The van der Waals surface area contributed by atoms with E-state index in [0.29, 0.717) is 11.4 Å². The van der Waals surface area contributed by atoms with Crippen molar-refractivity contribution < 1.29 is 14.6 Å². The summed E-state index contributed by atoms with van der Waals surface area (Å²) >= 11 is 1.37. The molecule has 0 radical (unpaired) electrons. The van der Waals surface area contributed by atoms with E-state index in [4.69, 9.17) is 5.73 Å². The first kappa shape index (κ1) is 11.7. The topological polar surface area (TPSA) is 72.5 Å². The number of aromatic hydroxyl groups is 1. The van der Waals surface area contributed by atoms with Crippen molar-refractivity contribution in [2.75, 3.05) is 18.6 Å². The van der Waals surface area contributed by atoms with Crippen LogP contribution >= 0.6 is 11.8 Å². The molecule has 0 aliphatic heterocycles. The highest BCUT2D eigenvalue weighted by Crippen LogP contribution is 2.24. The minimum absolute atomic E-state index is 0.196. The molecule has 4 nitrogen and oxygen atoms in total. The van der Waals surface area contributed by atoms with E-state index >= 15 is 0 Å². The first-order valence-electron chi connectivity index (χ1n) is 4.35. The molecule has 82 valence electrons. The number of thioether (sulfide) groups is 1. The van der Waals surface area contributed by atoms with Gasteiger partial charge in [0.1, 0.15) is 5.75 Å². The zero-order valence-electron chi connectivity index (χ0n) is 8.40. The molecular weight excluding hydrogens is 214 g/mol. The van der Waals surface area contributed by atoms with Crippen LogP contribution in [0.1, 0.15) is 5.56 Å². The minimum Gasteiger partial charge on any atom is -0.508 e. The van der Waals surface area contributed by atoms with Crippen LogP contribution < -0.4 is 5.73 Å². The Morgan fingerprint density at radius 1 is 1.60 bits per heavy atom. The lowest BCUT2D eigenvalue weighted by Gasteiger charge is -2.04. The van der Waals surface area contributed by atoms with Gasteiger partial charge in [-0.25, -0.2) is 0 Å². The van der Waals surface area contributed by atoms with Gasteiger partial charge in [0.2, 0.25) is 0 Å². The van der Waals surface area contributed by atoms with E-state index in [0.717, 1.165) is 5.56 Å². The molecule has 0 atom stereocenters. The van der Waals surface area contributed by atoms with Gasteiger partial charge in [0, 0.05) is 17.0 Å². The Kier molecular flexibility index (Phi) is 4.30. The maximum atomic E-state index is 10.8. The molecule has 0 unspecified atom stereocenters. The fourth-order valence-electron chi connectivity index (χ4n) is 1.02. The molecule has 0 bridgehead atoms. The monoisotopic (exact) mass is 227 g/mol. The predicted octanol–water partition coefficient (Wildman–Crippen LogP) is 1.38. The molecule has 0 aromatic heterocycles. The second-order valence-electron chi connectivity index (χ2n) is 2.96. The van der Waals surface area contributed by atoms with Crippen LogP contribution in [0.4, 0.5) is 5.69 Å². The van der Waals surface area contributed by atoms with Gasteiger partial charge >= 0.3 is 5.97 Å². The van der Waals surface area contributed by atoms with Crippen LogP contribution in [0.15, 0.2) is 18.2 Å². The van der Waals surface area contributed by atoms with Crippen molar-refractivity contribution in [3.8, 4) is 5.75 Å². The van der Waals surface area contributed by atoms with Gasteiger partial charge in [-0.05, 0) is 18.2 Å². The first-order valence-corrected chi connectivity index (χ1v) is 5.51. The third kappa shape index (κ3) is 3.71. The third-order valence-electron chi connectivity index (χ3n) is 1.81. The lowest BCUT2D eigenvalue weighted by Crippen LogP contribution is -2.03. The molecule has 5 heteroatoms. The van der Waals surface area contributed by atoms with Gasteiger partial charge in [0.15, 0.2) is 0 Å². The molecule has 0 heterocycles. The average Bonchev–Trinajstić information content (AvgIpc) is 2.23. The second-order valence-corrected chi connectivity index (χ2v) is 3.94. The van der Waals surface area contributed by atoms with Crippen molar-refractivity contribution in [2.24, 2.45) is 0 Å². The van der Waals surface area contributed by atoms with E-state index < -0.39 is 0 Å². The van der Waals surface area contributed by atoms with Crippen LogP contribution in [0.2, 0.25) is 0 Å². The zero-order chi connectivity index (χ0) is 11.3. The number of methoxy groups -OCH3 is 1. The number of nitrogens with two attached hydrogens (primary N) is 1. The Hall–Kier alpha value is -1.36. The molecule has 1 aromatic rings. The molecule has 1 aromatic carbocycles. The highest BCUT2D eigenvalue weighted by molar-refractivity contribution is 7.99. The maximum absolute atomic E-state index is 10.8. The standard InChI is InChI=1S/C10H13NO3S/c1-14-10(13)6-15-5-7-4-8(11)2-3-9(7)12/h2-4,12H,5-6,11H2,1H3. The number of esters is 1. The molecule has 0 spiro atoms. The fourth-order valence-corrected chi connectivity index (χ4v) is 1.86. The van der Waals surface area contributed by atoms with Gasteiger partial charge in [-0.3, -0.25) is 4.79 Å². The molecule has 0 amide bonds. The zero-order valence-corrected chi connectivity index (χ0v) is 9.21. The SMILES string of the molecule is COC(=O)CSCc1cc(N)ccc1O. The summed E-state index contributed by atoms with van der Waals surface area (Å²) < 4.78 is 4.50. The molecule has 0 saturated carbocycles. The first-order chi connectivity index (χ1) is 7.13. The second kappa shape index (κ2) is 5.50. The Labute approximate surface area is 92.4 Å². The van der Waals surface area contributed by atoms with Crippen molar-refractivity contribution >= 4 is 23.4 Å². The smallest absolute Gasteiger partial charge is 0.315 e.